The molecule has 2 aromatic carbocycles. The Morgan fingerprint density at radius 1 is 1.04 bits per heavy atom. The van der Waals surface area contributed by atoms with Gasteiger partial charge in [0.05, 0.1) is 18.8 Å². The zero-order chi connectivity index (χ0) is 19.3. The maximum Gasteiger partial charge on any atom is 0.130 e. The summed E-state index contributed by atoms with van der Waals surface area (Å²) in [5.74, 6) is 0.518. The maximum absolute atomic E-state index is 14.4. The van der Waals surface area contributed by atoms with Crippen LogP contribution in [0.25, 0.3) is 0 Å². The van der Waals surface area contributed by atoms with Gasteiger partial charge in [-0.1, -0.05) is 48.5 Å². The number of imidazole rings is 1. The van der Waals surface area contributed by atoms with Gasteiger partial charge in [-0.25, -0.2) is 9.37 Å². The van der Waals surface area contributed by atoms with Crippen LogP contribution in [0.5, 0.6) is 0 Å². The summed E-state index contributed by atoms with van der Waals surface area (Å²) in [5.41, 5.74) is 2.81. The largest absolute Gasteiger partial charge is 0.336 e. The fourth-order valence-corrected chi connectivity index (χ4v) is 3.28. The fourth-order valence-electron chi connectivity index (χ4n) is 3.28. The summed E-state index contributed by atoms with van der Waals surface area (Å²) in [6, 6.07) is 16.7. The van der Waals surface area contributed by atoms with Crippen LogP contribution in [0.1, 0.15) is 28.6 Å². The first-order chi connectivity index (χ1) is 13.7. The van der Waals surface area contributed by atoms with Gasteiger partial charge in [0.2, 0.25) is 0 Å². The van der Waals surface area contributed by atoms with Crippen molar-refractivity contribution in [2.45, 2.75) is 19.1 Å². The summed E-state index contributed by atoms with van der Waals surface area (Å²) >= 11 is 0. The first-order valence-electron chi connectivity index (χ1n) is 9.21. The van der Waals surface area contributed by atoms with E-state index in [0.717, 1.165) is 17.9 Å². The molecule has 0 bridgehead atoms. The molecule has 0 aliphatic heterocycles. The zero-order valence-corrected chi connectivity index (χ0v) is 15.7. The lowest BCUT2D eigenvalue weighted by Gasteiger charge is -2.19. The molecule has 0 amide bonds. The van der Waals surface area contributed by atoms with Gasteiger partial charge in [-0.15, -0.1) is 0 Å². The van der Waals surface area contributed by atoms with E-state index < -0.39 is 0 Å². The number of nitrogens with one attached hydrogen (secondary N) is 1. The summed E-state index contributed by atoms with van der Waals surface area (Å²) in [6.07, 6.45) is 7.44. The van der Waals surface area contributed by atoms with Gasteiger partial charge < -0.3 is 4.57 Å². The minimum Gasteiger partial charge on any atom is -0.336 e. The van der Waals surface area contributed by atoms with Crippen molar-refractivity contribution in [1.82, 2.24) is 24.6 Å². The van der Waals surface area contributed by atoms with Crippen LogP contribution >= 0.6 is 0 Å². The number of hydrogen-bond acceptors (Lipinski definition) is 3. The molecule has 2 aromatic heterocycles. The second-order valence-electron chi connectivity index (χ2n) is 6.76. The van der Waals surface area contributed by atoms with Gasteiger partial charge in [0.25, 0.3) is 0 Å². The van der Waals surface area contributed by atoms with E-state index in [1.165, 1.54) is 11.6 Å². The Hall–Kier alpha value is -3.25. The second-order valence-corrected chi connectivity index (χ2v) is 6.76. The van der Waals surface area contributed by atoms with Gasteiger partial charge in [0, 0.05) is 43.3 Å². The molecular formula is C22H22FN5. The van der Waals surface area contributed by atoms with E-state index in [4.69, 9.17) is 0 Å². The Kier molecular flexibility index (Phi) is 5.30. The van der Waals surface area contributed by atoms with E-state index >= 15 is 0 Å². The van der Waals surface area contributed by atoms with Gasteiger partial charge in [0.1, 0.15) is 11.6 Å². The lowest BCUT2D eigenvalue weighted by atomic mass is 10.1. The number of aryl methyl sites for hydroxylation is 1. The molecule has 0 aliphatic rings. The van der Waals surface area contributed by atoms with Gasteiger partial charge >= 0.3 is 0 Å². The van der Waals surface area contributed by atoms with E-state index in [2.05, 4.69) is 27.5 Å². The van der Waals surface area contributed by atoms with Crippen LogP contribution in [0.4, 0.5) is 4.39 Å². The van der Waals surface area contributed by atoms with Crippen LogP contribution in [0.2, 0.25) is 0 Å². The number of aromatic nitrogens is 4. The molecule has 0 radical (unpaired) electrons. The summed E-state index contributed by atoms with van der Waals surface area (Å²) < 4.78 is 18.3. The Morgan fingerprint density at radius 3 is 2.57 bits per heavy atom. The van der Waals surface area contributed by atoms with Crippen LogP contribution in [-0.4, -0.2) is 19.3 Å². The number of nitrogens with zero attached hydrogens (tertiary/aromatic N) is 4. The standard InChI is InChI=1S/C22H22FN5/c1-27-12-11-24-22(27)21(19-9-5-6-10-20(19)23)25-13-18-14-26-28(16-18)15-17-7-3-2-4-8-17/h2-12,14,16,21,25H,13,15H2,1H3. The summed E-state index contributed by atoms with van der Waals surface area (Å²) in [6.45, 7) is 1.28. The quantitative estimate of drug-likeness (QED) is 0.536. The Balaban J connectivity index is 1.51. The second kappa shape index (κ2) is 8.19. The van der Waals surface area contributed by atoms with Crippen molar-refractivity contribution in [2.75, 3.05) is 0 Å². The monoisotopic (exact) mass is 375 g/mol. The van der Waals surface area contributed by atoms with Crippen LogP contribution < -0.4 is 5.32 Å². The van der Waals surface area contributed by atoms with Crippen LogP contribution in [0, 0.1) is 5.82 Å². The summed E-state index contributed by atoms with van der Waals surface area (Å²) in [5, 5.41) is 7.88. The number of benzene rings is 2. The lowest BCUT2D eigenvalue weighted by molar-refractivity contribution is 0.520. The highest BCUT2D eigenvalue weighted by Gasteiger charge is 2.21. The normalized spacial score (nSPS) is 12.2. The molecule has 1 atom stereocenters. The summed E-state index contributed by atoms with van der Waals surface area (Å²) in [7, 11) is 1.91. The molecule has 0 fully saturated rings. The lowest BCUT2D eigenvalue weighted by Crippen LogP contribution is -2.25. The molecule has 0 saturated carbocycles. The highest BCUT2D eigenvalue weighted by atomic mass is 19.1. The molecule has 0 aliphatic carbocycles. The molecule has 28 heavy (non-hydrogen) atoms. The molecule has 5 nitrogen and oxygen atoms in total. The fraction of sp³-hybridized carbons (Fsp3) is 0.182. The molecule has 4 rings (SSSR count). The highest BCUT2D eigenvalue weighted by Crippen LogP contribution is 2.23. The molecule has 2 heterocycles. The average Bonchev–Trinajstić information content (AvgIpc) is 3.33. The molecule has 4 aromatic rings. The number of rotatable bonds is 7. The zero-order valence-electron chi connectivity index (χ0n) is 15.7. The van der Waals surface area contributed by atoms with E-state index in [1.54, 1.807) is 18.3 Å². The topological polar surface area (TPSA) is 47.7 Å². The van der Waals surface area contributed by atoms with Crippen LogP contribution in [0.15, 0.2) is 79.4 Å². The van der Waals surface area contributed by atoms with Crippen molar-refractivity contribution in [2.24, 2.45) is 7.05 Å². The third-order valence-electron chi connectivity index (χ3n) is 4.72. The van der Waals surface area contributed by atoms with Crippen molar-refractivity contribution >= 4 is 0 Å². The SMILES string of the molecule is Cn1ccnc1C(NCc1cnn(Cc2ccccc2)c1)c1ccccc1F. The van der Waals surface area contributed by atoms with Crippen molar-refractivity contribution in [1.29, 1.82) is 0 Å². The highest BCUT2D eigenvalue weighted by molar-refractivity contribution is 5.27. The van der Waals surface area contributed by atoms with Crippen molar-refractivity contribution in [3.05, 3.63) is 108 Å². The van der Waals surface area contributed by atoms with Crippen LogP contribution in [0.3, 0.4) is 0 Å². The third-order valence-corrected chi connectivity index (χ3v) is 4.72. The molecule has 0 spiro atoms. The number of halogens is 1. The average molecular weight is 375 g/mol. The van der Waals surface area contributed by atoms with Crippen molar-refractivity contribution < 1.29 is 4.39 Å². The van der Waals surface area contributed by atoms with E-state index in [9.17, 15) is 4.39 Å². The van der Waals surface area contributed by atoms with E-state index in [1.807, 2.05) is 59.2 Å². The third kappa shape index (κ3) is 4.02. The van der Waals surface area contributed by atoms with Gasteiger partial charge in [-0.05, 0) is 11.6 Å². The molecule has 1 unspecified atom stereocenters. The van der Waals surface area contributed by atoms with Gasteiger partial charge in [0.15, 0.2) is 0 Å². The smallest absolute Gasteiger partial charge is 0.130 e. The minimum atomic E-state index is -0.348. The predicted octanol–water partition coefficient (Wildman–Crippen LogP) is 3.68. The first-order valence-corrected chi connectivity index (χ1v) is 9.21. The Labute approximate surface area is 163 Å². The van der Waals surface area contributed by atoms with Crippen LogP contribution in [-0.2, 0) is 20.1 Å². The van der Waals surface area contributed by atoms with E-state index in [-0.39, 0.29) is 11.9 Å². The first kappa shape index (κ1) is 18.1. The Morgan fingerprint density at radius 2 is 1.82 bits per heavy atom. The summed E-state index contributed by atoms with van der Waals surface area (Å²) in [4.78, 5) is 4.42. The molecule has 142 valence electrons. The van der Waals surface area contributed by atoms with Crippen molar-refractivity contribution in [3.8, 4) is 0 Å². The number of hydrogen-bond donors (Lipinski definition) is 1. The Bertz CT molecular complexity index is 1040. The van der Waals surface area contributed by atoms with Gasteiger partial charge in [-0.2, -0.15) is 5.10 Å². The maximum atomic E-state index is 14.4. The minimum absolute atomic E-state index is 0.247. The van der Waals surface area contributed by atoms with E-state index in [0.29, 0.717) is 12.1 Å². The predicted molar refractivity (Wildman–Crippen MR) is 106 cm³/mol. The molecule has 1 N–H and O–H groups in total. The molecule has 6 heteroatoms. The van der Waals surface area contributed by atoms with Gasteiger partial charge in [-0.3, -0.25) is 10.00 Å². The van der Waals surface area contributed by atoms with Crippen molar-refractivity contribution in [3.63, 3.8) is 0 Å². The molecule has 0 saturated heterocycles. The molecular weight excluding hydrogens is 353 g/mol.